The zero-order valence-electron chi connectivity index (χ0n) is 7.57. The third kappa shape index (κ3) is 1.72. The molecule has 0 amide bonds. The highest BCUT2D eigenvalue weighted by molar-refractivity contribution is 5.61. The van der Waals surface area contributed by atoms with Gasteiger partial charge in [0.25, 0.3) is 0 Å². The van der Waals surface area contributed by atoms with Gasteiger partial charge < -0.3 is 9.32 Å². The van der Waals surface area contributed by atoms with E-state index in [1.807, 2.05) is 20.8 Å². The second-order valence-corrected chi connectivity index (χ2v) is 3.27. The lowest BCUT2D eigenvalue weighted by molar-refractivity contribution is -0.109. The molecule has 3 heteroatoms. The van der Waals surface area contributed by atoms with Crippen molar-refractivity contribution in [2.45, 2.75) is 26.7 Å². The van der Waals surface area contributed by atoms with Crippen LogP contribution < -0.4 is 0 Å². The van der Waals surface area contributed by atoms with Crippen molar-refractivity contribution >= 4 is 6.29 Å². The molecular formula is C9H13NO2. The summed E-state index contributed by atoms with van der Waals surface area (Å²) < 4.78 is 4.89. The van der Waals surface area contributed by atoms with Crippen LogP contribution >= 0.6 is 0 Å². The molecule has 0 fully saturated rings. The van der Waals surface area contributed by atoms with Crippen LogP contribution in [0.5, 0.6) is 0 Å². The van der Waals surface area contributed by atoms with E-state index in [0.29, 0.717) is 0 Å². The molecule has 1 aromatic heterocycles. The van der Waals surface area contributed by atoms with E-state index in [0.717, 1.165) is 17.7 Å². The maximum atomic E-state index is 10.7. The minimum absolute atomic E-state index is 0.137. The number of carbonyl (C=O) groups is 1. The number of nitrogens with zero attached hydrogens (tertiary/aromatic N) is 1. The summed E-state index contributed by atoms with van der Waals surface area (Å²) in [5.74, 6) is 0.881. The standard InChI is InChI=1S/C9H13NO2/c1-6(2)8(5-11)9-4-7(3)12-10-9/h4-6,8H,1-3H3. The molecule has 0 aliphatic rings. The summed E-state index contributed by atoms with van der Waals surface area (Å²) in [5.41, 5.74) is 0.734. The third-order valence-electron chi connectivity index (χ3n) is 1.85. The molecule has 0 saturated carbocycles. The average Bonchev–Trinajstić information content (AvgIpc) is 2.37. The van der Waals surface area contributed by atoms with Crippen LogP contribution in [-0.4, -0.2) is 11.4 Å². The first-order chi connectivity index (χ1) is 5.65. The van der Waals surface area contributed by atoms with E-state index in [2.05, 4.69) is 5.16 Å². The fourth-order valence-corrected chi connectivity index (χ4v) is 1.11. The van der Waals surface area contributed by atoms with Crippen LogP contribution in [0.1, 0.15) is 31.2 Å². The predicted molar refractivity (Wildman–Crippen MR) is 44.9 cm³/mol. The second kappa shape index (κ2) is 3.52. The highest BCUT2D eigenvalue weighted by atomic mass is 16.5. The van der Waals surface area contributed by atoms with Gasteiger partial charge in [-0.1, -0.05) is 19.0 Å². The topological polar surface area (TPSA) is 43.1 Å². The Morgan fingerprint density at radius 1 is 1.58 bits per heavy atom. The van der Waals surface area contributed by atoms with Crippen LogP contribution in [0.4, 0.5) is 0 Å². The van der Waals surface area contributed by atoms with Gasteiger partial charge in [0, 0.05) is 6.07 Å². The molecule has 1 heterocycles. The van der Waals surface area contributed by atoms with E-state index in [1.54, 1.807) is 6.07 Å². The van der Waals surface area contributed by atoms with Crippen molar-refractivity contribution in [3.8, 4) is 0 Å². The lowest BCUT2D eigenvalue weighted by Crippen LogP contribution is -2.08. The Kier molecular flexibility index (Phi) is 2.63. The Morgan fingerprint density at radius 2 is 2.25 bits per heavy atom. The first kappa shape index (κ1) is 8.97. The number of aromatic nitrogens is 1. The van der Waals surface area contributed by atoms with E-state index in [4.69, 9.17) is 4.52 Å². The molecule has 0 N–H and O–H groups in total. The highest BCUT2D eigenvalue weighted by Gasteiger charge is 2.18. The van der Waals surface area contributed by atoms with E-state index < -0.39 is 0 Å². The summed E-state index contributed by atoms with van der Waals surface area (Å²) >= 11 is 0. The summed E-state index contributed by atoms with van der Waals surface area (Å²) in [6.07, 6.45) is 0.919. The van der Waals surface area contributed by atoms with Gasteiger partial charge in [0.05, 0.1) is 11.6 Å². The summed E-state index contributed by atoms with van der Waals surface area (Å²) in [6.45, 7) is 5.80. The van der Waals surface area contributed by atoms with Gasteiger partial charge in [-0.05, 0) is 12.8 Å². The SMILES string of the molecule is Cc1cc(C(C=O)C(C)C)no1. The summed E-state index contributed by atoms with van der Waals surface area (Å²) in [5, 5.41) is 3.80. The van der Waals surface area contributed by atoms with Crippen LogP contribution in [0.15, 0.2) is 10.6 Å². The molecule has 0 aliphatic carbocycles. The van der Waals surface area contributed by atoms with Crippen molar-refractivity contribution < 1.29 is 9.32 Å². The number of aldehydes is 1. The molecule has 1 rings (SSSR count). The van der Waals surface area contributed by atoms with Crippen molar-refractivity contribution in [2.75, 3.05) is 0 Å². The smallest absolute Gasteiger partial charge is 0.133 e. The van der Waals surface area contributed by atoms with E-state index in [1.165, 1.54) is 0 Å². The fourth-order valence-electron chi connectivity index (χ4n) is 1.11. The van der Waals surface area contributed by atoms with Gasteiger partial charge in [-0.2, -0.15) is 0 Å². The number of hydrogen-bond acceptors (Lipinski definition) is 3. The fraction of sp³-hybridized carbons (Fsp3) is 0.556. The van der Waals surface area contributed by atoms with Gasteiger partial charge in [-0.3, -0.25) is 0 Å². The van der Waals surface area contributed by atoms with Crippen LogP contribution in [0.2, 0.25) is 0 Å². The van der Waals surface area contributed by atoms with Crippen molar-refractivity contribution in [1.29, 1.82) is 0 Å². The molecule has 12 heavy (non-hydrogen) atoms. The third-order valence-corrected chi connectivity index (χ3v) is 1.85. The molecule has 66 valence electrons. The number of hydrogen-bond donors (Lipinski definition) is 0. The second-order valence-electron chi connectivity index (χ2n) is 3.27. The van der Waals surface area contributed by atoms with E-state index >= 15 is 0 Å². The minimum Gasteiger partial charge on any atom is -0.361 e. The largest absolute Gasteiger partial charge is 0.361 e. The first-order valence-corrected chi connectivity index (χ1v) is 4.03. The maximum absolute atomic E-state index is 10.7. The Labute approximate surface area is 71.7 Å². The summed E-state index contributed by atoms with van der Waals surface area (Å²) in [6, 6.07) is 1.80. The molecule has 0 aliphatic heterocycles. The van der Waals surface area contributed by atoms with Gasteiger partial charge in [0.15, 0.2) is 0 Å². The molecule has 1 unspecified atom stereocenters. The number of rotatable bonds is 3. The van der Waals surface area contributed by atoms with Gasteiger partial charge in [-0.15, -0.1) is 0 Å². The summed E-state index contributed by atoms with van der Waals surface area (Å²) in [4.78, 5) is 10.7. The lowest BCUT2D eigenvalue weighted by Gasteiger charge is -2.09. The number of aryl methyl sites for hydroxylation is 1. The van der Waals surface area contributed by atoms with Gasteiger partial charge >= 0.3 is 0 Å². The zero-order valence-corrected chi connectivity index (χ0v) is 7.57. The zero-order chi connectivity index (χ0) is 9.14. The molecule has 0 bridgehead atoms. The van der Waals surface area contributed by atoms with Crippen LogP contribution in [0.25, 0.3) is 0 Å². The minimum atomic E-state index is -0.137. The molecule has 3 nitrogen and oxygen atoms in total. The average molecular weight is 167 g/mol. The van der Waals surface area contributed by atoms with E-state index in [9.17, 15) is 4.79 Å². The summed E-state index contributed by atoms with van der Waals surface area (Å²) in [7, 11) is 0. The Hall–Kier alpha value is -1.12. The Balaban J connectivity index is 2.87. The van der Waals surface area contributed by atoms with Gasteiger partial charge in [0.2, 0.25) is 0 Å². The Morgan fingerprint density at radius 3 is 2.58 bits per heavy atom. The Bertz CT molecular complexity index is 265. The van der Waals surface area contributed by atoms with Crippen LogP contribution in [0.3, 0.4) is 0 Å². The van der Waals surface area contributed by atoms with Crippen molar-refractivity contribution in [3.63, 3.8) is 0 Å². The van der Waals surface area contributed by atoms with Crippen molar-refractivity contribution in [1.82, 2.24) is 5.16 Å². The van der Waals surface area contributed by atoms with Crippen molar-refractivity contribution in [3.05, 3.63) is 17.5 Å². The molecule has 0 saturated heterocycles. The highest BCUT2D eigenvalue weighted by Crippen LogP contribution is 2.21. The first-order valence-electron chi connectivity index (χ1n) is 4.03. The molecule has 1 aromatic rings. The molecule has 1 atom stereocenters. The maximum Gasteiger partial charge on any atom is 0.133 e. The van der Waals surface area contributed by atoms with Gasteiger partial charge in [-0.25, -0.2) is 0 Å². The quantitative estimate of drug-likeness (QED) is 0.646. The van der Waals surface area contributed by atoms with Crippen LogP contribution in [0, 0.1) is 12.8 Å². The van der Waals surface area contributed by atoms with Crippen molar-refractivity contribution in [2.24, 2.45) is 5.92 Å². The normalized spacial score (nSPS) is 13.3. The molecular weight excluding hydrogens is 154 g/mol. The van der Waals surface area contributed by atoms with Gasteiger partial charge in [0.1, 0.15) is 12.0 Å². The molecule has 0 aromatic carbocycles. The predicted octanol–water partition coefficient (Wildman–Crippen LogP) is 1.92. The number of carbonyl (C=O) groups excluding carboxylic acids is 1. The van der Waals surface area contributed by atoms with E-state index in [-0.39, 0.29) is 11.8 Å². The molecule has 0 radical (unpaired) electrons. The molecule has 0 spiro atoms. The lowest BCUT2D eigenvalue weighted by atomic mass is 9.94. The monoisotopic (exact) mass is 167 g/mol. The van der Waals surface area contributed by atoms with Crippen LogP contribution in [-0.2, 0) is 4.79 Å².